The van der Waals surface area contributed by atoms with Gasteiger partial charge in [0.05, 0.1) is 13.2 Å². The van der Waals surface area contributed by atoms with Gasteiger partial charge in [0.2, 0.25) is 0 Å². The molecule has 2 aromatic rings. The number of benzene rings is 2. The largest absolute Gasteiger partial charge is 0.493 e. The molecule has 1 saturated heterocycles. The highest BCUT2D eigenvalue weighted by Crippen LogP contribution is 2.35. The number of hydrogen-bond acceptors (Lipinski definition) is 3. The summed E-state index contributed by atoms with van der Waals surface area (Å²) in [5.74, 6) is 1.63. The zero-order valence-corrected chi connectivity index (χ0v) is 15.8. The van der Waals surface area contributed by atoms with Crippen LogP contribution in [0.3, 0.4) is 0 Å². The van der Waals surface area contributed by atoms with Gasteiger partial charge in [0.25, 0.3) is 0 Å². The van der Waals surface area contributed by atoms with Gasteiger partial charge in [-0.3, -0.25) is 4.90 Å². The van der Waals surface area contributed by atoms with Crippen molar-refractivity contribution in [2.24, 2.45) is 0 Å². The number of rotatable bonds is 6. The molecule has 0 N–H and O–H groups in total. The Morgan fingerprint density at radius 3 is 2.68 bits per heavy atom. The Morgan fingerprint density at radius 2 is 1.96 bits per heavy atom. The van der Waals surface area contributed by atoms with Gasteiger partial charge in [-0.15, -0.1) is 0 Å². The van der Waals surface area contributed by atoms with Crippen molar-refractivity contribution in [3.63, 3.8) is 0 Å². The lowest BCUT2D eigenvalue weighted by Crippen LogP contribution is -2.22. The Labute approximate surface area is 151 Å². The van der Waals surface area contributed by atoms with E-state index >= 15 is 0 Å². The van der Waals surface area contributed by atoms with E-state index in [1.165, 1.54) is 29.5 Å². The Morgan fingerprint density at radius 1 is 1.12 bits per heavy atom. The van der Waals surface area contributed by atoms with Gasteiger partial charge in [-0.25, -0.2) is 0 Å². The van der Waals surface area contributed by atoms with Gasteiger partial charge >= 0.3 is 0 Å². The van der Waals surface area contributed by atoms with Crippen LogP contribution in [0, 0.1) is 6.92 Å². The van der Waals surface area contributed by atoms with Crippen molar-refractivity contribution >= 4 is 0 Å². The molecule has 0 spiro atoms. The summed E-state index contributed by atoms with van der Waals surface area (Å²) in [7, 11) is 1.71. The van der Waals surface area contributed by atoms with E-state index in [-0.39, 0.29) is 6.10 Å². The molecule has 3 nitrogen and oxygen atoms in total. The van der Waals surface area contributed by atoms with Gasteiger partial charge < -0.3 is 9.47 Å². The third kappa shape index (κ3) is 4.35. The predicted molar refractivity (Wildman–Crippen MR) is 102 cm³/mol. The molecule has 1 aliphatic heterocycles. The second kappa shape index (κ2) is 7.92. The predicted octanol–water partition coefficient (Wildman–Crippen LogP) is 5.13. The molecule has 2 aromatic carbocycles. The third-order valence-corrected chi connectivity index (χ3v) is 4.77. The molecular weight excluding hydrogens is 310 g/mol. The van der Waals surface area contributed by atoms with E-state index in [1.54, 1.807) is 7.11 Å². The summed E-state index contributed by atoms with van der Waals surface area (Å²) >= 11 is 0. The Kier molecular flexibility index (Phi) is 5.64. The molecule has 1 heterocycles. The minimum atomic E-state index is 0.143. The number of ether oxygens (including phenoxy) is 2. The summed E-state index contributed by atoms with van der Waals surface area (Å²) in [5, 5.41) is 0. The van der Waals surface area contributed by atoms with Gasteiger partial charge in [0.15, 0.2) is 11.5 Å². The zero-order valence-electron chi connectivity index (χ0n) is 15.8. The Bertz CT molecular complexity index is 711. The second-order valence-corrected chi connectivity index (χ2v) is 7.19. The average Bonchev–Trinajstić information content (AvgIpc) is 3.04. The maximum absolute atomic E-state index is 5.83. The van der Waals surface area contributed by atoms with E-state index in [4.69, 9.17) is 9.47 Å². The standard InChI is InChI=1S/C22H29NO2/c1-16(2)25-21-11-10-18(14-22(21)24-4)15-23-12-6-9-20(23)19-8-5-7-17(3)13-19/h5,7-8,10-11,13-14,16,20H,6,9,12,15H2,1-4H3/t20-/m0/s1. The van der Waals surface area contributed by atoms with E-state index in [9.17, 15) is 0 Å². The minimum Gasteiger partial charge on any atom is -0.493 e. The van der Waals surface area contributed by atoms with Crippen LogP contribution in [0.2, 0.25) is 0 Å². The zero-order chi connectivity index (χ0) is 17.8. The molecule has 0 bridgehead atoms. The SMILES string of the molecule is COc1cc(CN2CCC[C@H]2c2cccc(C)c2)ccc1OC(C)C. The summed E-state index contributed by atoms with van der Waals surface area (Å²) < 4.78 is 11.4. The van der Waals surface area contributed by atoms with Crippen LogP contribution in [0.25, 0.3) is 0 Å². The molecular formula is C22H29NO2. The van der Waals surface area contributed by atoms with E-state index in [0.717, 1.165) is 24.6 Å². The number of likely N-dealkylation sites (tertiary alicyclic amines) is 1. The summed E-state index contributed by atoms with van der Waals surface area (Å²) in [6.45, 7) is 8.32. The molecule has 0 aliphatic carbocycles. The first-order valence-corrected chi connectivity index (χ1v) is 9.21. The van der Waals surface area contributed by atoms with Crippen molar-refractivity contribution in [1.82, 2.24) is 4.90 Å². The summed E-state index contributed by atoms with van der Waals surface area (Å²) in [6, 6.07) is 15.7. The fourth-order valence-corrected chi connectivity index (χ4v) is 3.67. The average molecular weight is 339 g/mol. The Balaban J connectivity index is 1.77. The van der Waals surface area contributed by atoms with Gasteiger partial charge in [0, 0.05) is 12.6 Å². The fourth-order valence-electron chi connectivity index (χ4n) is 3.67. The van der Waals surface area contributed by atoms with Crippen LogP contribution in [0.1, 0.15) is 49.4 Å². The lowest BCUT2D eigenvalue weighted by Gasteiger charge is -2.25. The van der Waals surface area contributed by atoms with Gasteiger partial charge in [-0.1, -0.05) is 35.9 Å². The second-order valence-electron chi connectivity index (χ2n) is 7.19. The van der Waals surface area contributed by atoms with Crippen molar-refractivity contribution in [2.75, 3.05) is 13.7 Å². The van der Waals surface area contributed by atoms with E-state index in [1.807, 2.05) is 19.9 Å². The molecule has 134 valence electrons. The van der Waals surface area contributed by atoms with Crippen LogP contribution < -0.4 is 9.47 Å². The van der Waals surface area contributed by atoms with Crippen molar-refractivity contribution in [1.29, 1.82) is 0 Å². The van der Waals surface area contributed by atoms with Crippen LogP contribution >= 0.6 is 0 Å². The fraction of sp³-hybridized carbons (Fsp3) is 0.455. The smallest absolute Gasteiger partial charge is 0.161 e. The highest BCUT2D eigenvalue weighted by atomic mass is 16.5. The van der Waals surface area contributed by atoms with Crippen molar-refractivity contribution in [3.05, 3.63) is 59.2 Å². The van der Waals surface area contributed by atoms with Crippen LogP contribution in [0.5, 0.6) is 11.5 Å². The molecule has 0 radical (unpaired) electrons. The maximum Gasteiger partial charge on any atom is 0.161 e. The van der Waals surface area contributed by atoms with E-state index in [2.05, 4.69) is 48.2 Å². The topological polar surface area (TPSA) is 21.7 Å². The molecule has 3 rings (SSSR count). The van der Waals surface area contributed by atoms with E-state index in [0.29, 0.717) is 6.04 Å². The first-order valence-electron chi connectivity index (χ1n) is 9.21. The van der Waals surface area contributed by atoms with Gasteiger partial charge in [0.1, 0.15) is 0 Å². The molecule has 0 amide bonds. The number of nitrogens with zero attached hydrogens (tertiary/aromatic N) is 1. The van der Waals surface area contributed by atoms with Crippen LogP contribution in [-0.2, 0) is 6.54 Å². The van der Waals surface area contributed by atoms with Crippen molar-refractivity contribution in [3.8, 4) is 11.5 Å². The summed E-state index contributed by atoms with van der Waals surface area (Å²) in [5.41, 5.74) is 4.04. The molecule has 0 unspecified atom stereocenters. The molecule has 25 heavy (non-hydrogen) atoms. The van der Waals surface area contributed by atoms with Crippen molar-refractivity contribution < 1.29 is 9.47 Å². The van der Waals surface area contributed by atoms with Crippen LogP contribution in [-0.4, -0.2) is 24.7 Å². The molecule has 1 fully saturated rings. The molecule has 3 heteroatoms. The maximum atomic E-state index is 5.83. The lowest BCUT2D eigenvalue weighted by atomic mass is 10.0. The first kappa shape index (κ1) is 17.8. The molecule has 1 atom stereocenters. The first-order chi connectivity index (χ1) is 12.1. The van der Waals surface area contributed by atoms with Crippen LogP contribution in [0.15, 0.2) is 42.5 Å². The quantitative estimate of drug-likeness (QED) is 0.728. The van der Waals surface area contributed by atoms with Crippen LogP contribution in [0.4, 0.5) is 0 Å². The lowest BCUT2D eigenvalue weighted by molar-refractivity contribution is 0.228. The Hall–Kier alpha value is -2.00. The summed E-state index contributed by atoms with van der Waals surface area (Å²) in [6.07, 6.45) is 2.63. The number of aryl methyl sites for hydroxylation is 1. The summed E-state index contributed by atoms with van der Waals surface area (Å²) in [4.78, 5) is 2.58. The van der Waals surface area contributed by atoms with Crippen molar-refractivity contribution in [2.45, 2.75) is 52.3 Å². The molecule has 1 aliphatic rings. The molecule has 0 saturated carbocycles. The highest BCUT2D eigenvalue weighted by Gasteiger charge is 2.26. The minimum absolute atomic E-state index is 0.143. The number of methoxy groups -OCH3 is 1. The van der Waals surface area contributed by atoms with Gasteiger partial charge in [-0.05, 0) is 63.4 Å². The van der Waals surface area contributed by atoms with E-state index < -0.39 is 0 Å². The number of hydrogen-bond donors (Lipinski definition) is 0. The monoisotopic (exact) mass is 339 g/mol. The third-order valence-electron chi connectivity index (χ3n) is 4.77. The highest BCUT2D eigenvalue weighted by molar-refractivity contribution is 5.43. The normalized spacial score (nSPS) is 17.9. The molecule has 0 aromatic heterocycles. The van der Waals surface area contributed by atoms with Gasteiger partial charge in [-0.2, -0.15) is 0 Å².